The number of nitrogens with one attached hydrogen (secondary N) is 1. The lowest BCUT2D eigenvalue weighted by Crippen LogP contribution is -2.46. The summed E-state index contributed by atoms with van der Waals surface area (Å²) >= 11 is 0. The van der Waals surface area contributed by atoms with Gasteiger partial charge in [0.05, 0.1) is 18.8 Å². The number of hydrogen-bond acceptors (Lipinski definition) is 14. The van der Waals surface area contributed by atoms with Gasteiger partial charge < -0.3 is 28.8 Å². The number of carbonyl (C=O) groups is 2. The van der Waals surface area contributed by atoms with Crippen LogP contribution in [0, 0.1) is 0 Å². The van der Waals surface area contributed by atoms with Gasteiger partial charge in [0, 0.05) is 12.3 Å². The molecule has 222 valence electrons. The monoisotopic (exact) mass is 604 g/mol. The number of alkyl halides is 1. The molecule has 0 saturated carbocycles. The zero-order chi connectivity index (χ0) is 29.6. The second-order valence-electron chi connectivity index (χ2n) is 8.83. The number of aromatic amines is 1. The van der Waals surface area contributed by atoms with Crippen molar-refractivity contribution < 1.29 is 60.9 Å². The first-order chi connectivity index (χ1) is 18.0. The van der Waals surface area contributed by atoms with E-state index >= 15 is 4.39 Å². The van der Waals surface area contributed by atoms with Crippen LogP contribution in [0.4, 0.5) is 14.0 Å². The number of nitrogens with zero attached hydrogens (tertiary/aromatic N) is 1. The molecule has 0 bridgehead atoms. The van der Waals surface area contributed by atoms with Crippen LogP contribution < -0.4 is 11.2 Å². The van der Waals surface area contributed by atoms with Crippen molar-refractivity contribution in [1.82, 2.24) is 9.55 Å². The van der Waals surface area contributed by atoms with Crippen LogP contribution in [0.3, 0.4) is 0 Å². The molecule has 16 nitrogen and oxygen atoms in total. The normalized spacial score (nSPS) is 25.1. The number of carbonyl (C=O) groups excluding carboxylic acids is 2. The Balaban J connectivity index is 2.17. The quantitative estimate of drug-likeness (QED) is 0.199. The highest BCUT2D eigenvalue weighted by Gasteiger charge is 2.62. The SMILES string of the molecule is CC(C)OC(=O)OCOP(=O)(OCOC(=O)OC(C)C)OC[C@@]1(P)O[C@@H](n2ccc(=O)[nH]c2=O)[C@](C)(F)[C@@H]1O. The summed E-state index contributed by atoms with van der Waals surface area (Å²) in [5.41, 5.74) is -4.40. The van der Waals surface area contributed by atoms with Crippen LogP contribution in [0.15, 0.2) is 21.9 Å². The third kappa shape index (κ3) is 9.07. The molecule has 39 heavy (non-hydrogen) atoms. The molecule has 1 aliphatic heterocycles. The fraction of sp³-hybridized carbons (Fsp3) is 0.700. The molecule has 1 aromatic rings. The van der Waals surface area contributed by atoms with Crippen LogP contribution in [-0.4, -0.2) is 76.5 Å². The van der Waals surface area contributed by atoms with Gasteiger partial charge in [-0.15, -0.1) is 0 Å². The molecule has 2 N–H and O–H groups in total. The molecule has 0 amide bonds. The van der Waals surface area contributed by atoms with Crippen LogP contribution in [0.2, 0.25) is 0 Å². The number of aliphatic hydroxyl groups excluding tert-OH is 1. The number of rotatable bonds is 12. The number of halogens is 1. The summed E-state index contributed by atoms with van der Waals surface area (Å²) in [6.45, 7) is 4.19. The summed E-state index contributed by atoms with van der Waals surface area (Å²) in [5, 5.41) is 8.63. The Kier molecular flexibility index (Phi) is 11.2. The molecule has 19 heteroatoms. The molecular weight excluding hydrogens is 573 g/mol. The van der Waals surface area contributed by atoms with Gasteiger partial charge in [0.15, 0.2) is 11.9 Å². The van der Waals surface area contributed by atoms with E-state index < -0.39 is 87.1 Å². The highest BCUT2D eigenvalue weighted by Crippen LogP contribution is 2.54. The number of phosphoric ester groups is 1. The van der Waals surface area contributed by atoms with Crippen LogP contribution in [-0.2, 0) is 41.8 Å². The van der Waals surface area contributed by atoms with Crippen LogP contribution in [0.5, 0.6) is 0 Å². The van der Waals surface area contributed by atoms with Crippen LogP contribution >= 0.6 is 17.1 Å². The summed E-state index contributed by atoms with van der Waals surface area (Å²) in [6, 6.07) is 0.941. The van der Waals surface area contributed by atoms with Crippen molar-refractivity contribution in [3.8, 4) is 0 Å². The van der Waals surface area contributed by atoms with Crippen molar-refractivity contribution in [1.29, 1.82) is 0 Å². The lowest BCUT2D eigenvalue weighted by atomic mass is 9.98. The summed E-state index contributed by atoms with van der Waals surface area (Å²) in [4.78, 5) is 48.6. The summed E-state index contributed by atoms with van der Waals surface area (Å²) in [5.74, 6) is 0. The molecule has 0 spiro atoms. The number of aliphatic hydroxyl groups is 1. The van der Waals surface area contributed by atoms with E-state index in [4.69, 9.17) is 27.8 Å². The van der Waals surface area contributed by atoms with Gasteiger partial charge in [-0.2, -0.15) is 0 Å². The maximum absolute atomic E-state index is 15.6. The Morgan fingerprint density at radius 2 is 1.64 bits per heavy atom. The molecule has 1 aliphatic rings. The molecule has 0 aromatic carbocycles. The average Bonchev–Trinajstić information content (AvgIpc) is 2.97. The summed E-state index contributed by atoms with van der Waals surface area (Å²) < 4.78 is 68.7. The van der Waals surface area contributed by atoms with Gasteiger partial charge in [-0.1, -0.05) is 9.24 Å². The van der Waals surface area contributed by atoms with E-state index in [1.165, 1.54) is 0 Å². The third-order valence-corrected chi connectivity index (χ3v) is 6.71. The lowest BCUT2D eigenvalue weighted by molar-refractivity contribution is -0.0861. The number of phosphoric acid groups is 1. The Bertz CT molecular complexity index is 1140. The highest BCUT2D eigenvalue weighted by atomic mass is 31.2. The zero-order valence-electron chi connectivity index (χ0n) is 21.7. The first-order valence-electron chi connectivity index (χ1n) is 11.3. The number of ether oxygens (including phenoxy) is 5. The van der Waals surface area contributed by atoms with Crippen molar-refractivity contribution in [2.24, 2.45) is 0 Å². The third-order valence-electron chi connectivity index (χ3n) is 4.80. The maximum Gasteiger partial charge on any atom is 0.510 e. The minimum absolute atomic E-state index is 0.534. The number of aromatic nitrogens is 2. The molecule has 0 aliphatic carbocycles. The molecule has 5 atom stereocenters. The zero-order valence-corrected chi connectivity index (χ0v) is 23.7. The fourth-order valence-electron chi connectivity index (χ4n) is 3.08. The molecule has 1 saturated heterocycles. The Labute approximate surface area is 223 Å². The van der Waals surface area contributed by atoms with Gasteiger partial charge in [-0.05, 0) is 34.6 Å². The lowest BCUT2D eigenvalue weighted by Gasteiger charge is -2.29. The minimum atomic E-state index is -4.78. The Morgan fingerprint density at radius 1 is 1.13 bits per heavy atom. The van der Waals surface area contributed by atoms with Gasteiger partial charge in [-0.25, -0.2) is 32.4 Å². The first kappa shape index (κ1) is 32.8. The van der Waals surface area contributed by atoms with Crippen molar-refractivity contribution in [3.63, 3.8) is 0 Å². The molecule has 2 rings (SSSR count). The second kappa shape index (κ2) is 13.3. The highest BCUT2D eigenvalue weighted by molar-refractivity contribution is 7.48. The predicted octanol–water partition coefficient (Wildman–Crippen LogP) is 1.92. The average molecular weight is 604 g/mol. The topological polar surface area (TPSA) is 200 Å². The van der Waals surface area contributed by atoms with E-state index in [0.29, 0.717) is 4.57 Å². The molecular formula is C20H31FN2O14P2. The summed E-state index contributed by atoms with van der Waals surface area (Å²) in [7, 11) is -2.79. The van der Waals surface area contributed by atoms with Crippen molar-refractivity contribution >= 4 is 29.4 Å². The van der Waals surface area contributed by atoms with Crippen LogP contribution in [0.25, 0.3) is 0 Å². The first-order valence-corrected chi connectivity index (χ1v) is 13.4. The van der Waals surface area contributed by atoms with E-state index in [2.05, 4.69) is 9.47 Å². The van der Waals surface area contributed by atoms with E-state index in [0.717, 1.165) is 19.2 Å². The fourth-order valence-corrected chi connectivity index (χ4v) is 4.70. The molecule has 2 heterocycles. The molecule has 1 unspecified atom stereocenters. The largest absolute Gasteiger partial charge is 0.510 e. The van der Waals surface area contributed by atoms with Gasteiger partial charge in [0.2, 0.25) is 13.6 Å². The van der Waals surface area contributed by atoms with Gasteiger partial charge in [-0.3, -0.25) is 18.9 Å². The van der Waals surface area contributed by atoms with Gasteiger partial charge in [0.1, 0.15) is 11.4 Å². The second-order valence-corrected chi connectivity index (χ2v) is 11.5. The van der Waals surface area contributed by atoms with E-state index in [-0.39, 0.29) is 0 Å². The molecule has 0 radical (unpaired) electrons. The van der Waals surface area contributed by atoms with Crippen molar-refractivity contribution in [3.05, 3.63) is 33.1 Å². The van der Waals surface area contributed by atoms with Crippen LogP contribution in [0.1, 0.15) is 40.8 Å². The van der Waals surface area contributed by atoms with Gasteiger partial charge in [0.25, 0.3) is 5.56 Å². The standard InChI is InChI=1S/C20H31FN2O14P2/c1-11(2)35-17(27)30-9-33-39(29,34-10-31-18(28)36-12(3)4)32-8-20(38)14(25)19(5,21)15(37-20)23-7-6-13(24)22-16(23)26/h6-7,11-12,14-15,25H,8-10,38H2,1-5H3,(H,22,24,26)/t14-,15+,19+,20-/m0/s1. The molecule has 1 aromatic heterocycles. The summed E-state index contributed by atoms with van der Waals surface area (Å²) in [6.07, 6.45) is -6.22. The minimum Gasteiger partial charge on any atom is -0.432 e. The van der Waals surface area contributed by atoms with Crippen molar-refractivity contribution in [2.75, 3.05) is 20.2 Å². The maximum atomic E-state index is 15.6. The Morgan fingerprint density at radius 3 is 2.10 bits per heavy atom. The Hall–Kier alpha value is -2.39. The number of hydrogen-bond donors (Lipinski definition) is 2. The molecule has 1 fully saturated rings. The van der Waals surface area contributed by atoms with E-state index in [1.54, 1.807) is 27.7 Å². The van der Waals surface area contributed by atoms with E-state index in [9.17, 15) is 28.8 Å². The number of H-pyrrole nitrogens is 1. The van der Waals surface area contributed by atoms with Gasteiger partial charge >= 0.3 is 25.8 Å². The van der Waals surface area contributed by atoms with Crippen molar-refractivity contribution in [2.45, 2.75) is 70.2 Å². The smallest absolute Gasteiger partial charge is 0.432 e. The van der Waals surface area contributed by atoms with E-state index in [1.807, 2.05) is 14.2 Å². The predicted molar refractivity (Wildman–Crippen MR) is 130 cm³/mol.